The second kappa shape index (κ2) is 6.60. The molecule has 4 fully saturated rings. The fraction of sp³-hybridized carbons (Fsp3) is 0.842. The monoisotopic (exact) mass is 359 g/mol. The number of fused-ring (bicyclic) bond motifs is 4. The molecule has 1 aromatic rings. The summed E-state index contributed by atoms with van der Waals surface area (Å²) in [6.07, 6.45) is 9.65. The van der Waals surface area contributed by atoms with E-state index in [4.69, 9.17) is 9.47 Å². The van der Waals surface area contributed by atoms with Gasteiger partial charge in [0.25, 0.3) is 0 Å². The summed E-state index contributed by atoms with van der Waals surface area (Å²) in [4.78, 5) is 13.3. The van der Waals surface area contributed by atoms with Gasteiger partial charge in [-0.2, -0.15) is 4.98 Å². The molecule has 0 saturated heterocycles. The summed E-state index contributed by atoms with van der Waals surface area (Å²) in [7, 11) is 3.67. The van der Waals surface area contributed by atoms with E-state index >= 15 is 0 Å². The number of nitrogens with one attached hydrogen (secondary N) is 2. The zero-order chi connectivity index (χ0) is 17.7. The van der Waals surface area contributed by atoms with Gasteiger partial charge in [-0.25, -0.2) is 9.97 Å². The van der Waals surface area contributed by atoms with Crippen molar-refractivity contribution in [2.45, 2.75) is 62.8 Å². The van der Waals surface area contributed by atoms with Crippen molar-refractivity contribution >= 4 is 11.9 Å². The minimum absolute atomic E-state index is 0.447. The molecule has 4 aliphatic carbocycles. The van der Waals surface area contributed by atoms with Crippen LogP contribution in [0, 0.1) is 23.7 Å². The van der Waals surface area contributed by atoms with E-state index in [0.29, 0.717) is 59.9 Å². The predicted molar refractivity (Wildman–Crippen MR) is 97.9 cm³/mol. The van der Waals surface area contributed by atoms with Crippen molar-refractivity contribution in [3.8, 4) is 0 Å². The van der Waals surface area contributed by atoms with Gasteiger partial charge in [-0.15, -0.1) is 0 Å². The SMILES string of the molecule is COC1CC2CC1CC2Nc1ncnc(NC2CC3CC2CC3OC)n1. The smallest absolute Gasteiger partial charge is 0.227 e. The summed E-state index contributed by atoms with van der Waals surface area (Å²) in [5, 5.41) is 7.11. The van der Waals surface area contributed by atoms with Crippen LogP contribution in [0.5, 0.6) is 0 Å². The van der Waals surface area contributed by atoms with Gasteiger partial charge in [0.1, 0.15) is 6.33 Å². The van der Waals surface area contributed by atoms with E-state index in [1.165, 1.54) is 12.8 Å². The Bertz CT molecular complexity index is 607. The van der Waals surface area contributed by atoms with Gasteiger partial charge in [0, 0.05) is 26.3 Å². The van der Waals surface area contributed by atoms with E-state index in [2.05, 4.69) is 25.6 Å². The van der Waals surface area contributed by atoms with Crippen LogP contribution < -0.4 is 10.6 Å². The van der Waals surface area contributed by atoms with Crippen LogP contribution in [0.1, 0.15) is 38.5 Å². The molecule has 0 aliphatic heterocycles. The molecule has 7 nitrogen and oxygen atoms in total. The molecule has 7 heteroatoms. The topological polar surface area (TPSA) is 81.2 Å². The number of methoxy groups -OCH3 is 2. The van der Waals surface area contributed by atoms with Crippen molar-refractivity contribution in [2.75, 3.05) is 24.9 Å². The molecule has 1 heterocycles. The summed E-state index contributed by atoms with van der Waals surface area (Å²) in [5.74, 6) is 4.12. The summed E-state index contributed by atoms with van der Waals surface area (Å²) < 4.78 is 11.2. The molecule has 0 amide bonds. The molecule has 142 valence electrons. The van der Waals surface area contributed by atoms with Crippen molar-refractivity contribution in [3.05, 3.63) is 6.33 Å². The van der Waals surface area contributed by atoms with Crippen molar-refractivity contribution in [2.24, 2.45) is 23.7 Å². The highest BCUT2D eigenvalue weighted by molar-refractivity contribution is 5.36. The number of hydrogen-bond donors (Lipinski definition) is 2. The lowest BCUT2D eigenvalue weighted by atomic mass is 9.93. The standard InChI is InChI=1S/C19H29N5O2/c1-25-16-7-10-3-12(16)5-14(10)22-18-20-9-21-19(24-18)23-15-6-13-4-11(15)8-17(13)26-2/h9-17H,3-8H2,1-2H3,(H2,20,21,22,23,24). The Morgan fingerprint density at radius 3 is 1.62 bits per heavy atom. The Morgan fingerprint density at radius 1 is 0.731 bits per heavy atom. The number of aromatic nitrogens is 3. The molecule has 1 aromatic heterocycles. The van der Waals surface area contributed by atoms with Crippen LogP contribution in [0.25, 0.3) is 0 Å². The number of ether oxygens (including phenoxy) is 2. The molecule has 8 unspecified atom stereocenters. The van der Waals surface area contributed by atoms with E-state index < -0.39 is 0 Å². The van der Waals surface area contributed by atoms with Gasteiger partial charge in [0.15, 0.2) is 0 Å². The molecule has 0 radical (unpaired) electrons. The molecule has 0 spiro atoms. The molecule has 4 bridgehead atoms. The molecule has 8 atom stereocenters. The molecule has 2 N–H and O–H groups in total. The van der Waals surface area contributed by atoms with Crippen LogP contribution in [0.4, 0.5) is 11.9 Å². The summed E-state index contributed by atoms with van der Waals surface area (Å²) >= 11 is 0. The maximum Gasteiger partial charge on any atom is 0.227 e. The summed E-state index contributed by atoms with van der Waals surface area (Å²) in [6, 6.07) is 0.929. The van der Waals surface area contributed by atoms with Crippen molar-refractivity contribution in [1.82, 2.24) is 15.0 Å². The van der Waals surface area contributed by atoms with Crippen molar-refractivity contribution < 1.29 is 9.47 Å². The third-order valence-corrected chi connectivity index (χ3v) is 7.39. The lowest BCUT2D eigenvalue weighted by molar-refractivity contribution is 0.0548. The van der Waals surface area contributed by atoms with Crippen LogP contribution in [-0.2, 0) is 9.47 Å². The second-order valence-electron chi connectivity index (χ2n) is 8.64. The largest absolute Gasteiger partial charge is 0.381 e. The van der Waals surface area contributed by atoms with Gasteiger partial charge in [-0.3, -0.25) is 0 Å². The van der Waals surface area contributed by atoms with Crippen LogP contribution in [-0.4, -0.2) is 53.5 Å². The number of anilines is 2. The zero-order valence-corrected chi connectivity index (χ0v) is 15.6. The Labute approximate surface area is 154 Å². The average molecular weight is 359 g/mol. The first kappa shape index (κ1) is 16.7. The highest BCUT2D eigenvalue weighted by atomic mass is 16.5. The van der Waals surface area contributed by atoms with Crippen LogP contribution in [0.15, 0.2) is 6.33 Å². The third kappa shape index (κ3) is 2.85. The quantitative estimate of drug-likeness (QED) is 0.807. The van der Waals surface area contributed by atoms with E-state index in [-0.39, 0.29) is 0 Å². The first-order valence-electron chi connectivity index (χ1n) is 10.0. The van der Waals surface area contributed by atoms with E-state index in [1.807, 2.05) is 14.2 Å². The minimum Gasteiger partial charge on any atom is -0.381 e. The average Bonchev–Trinajstić information content (AvgIpc) is 3.41. The first-order valence-corrected chi connectivity index (χ1v) is 10.0. The van der Waals surface area contributed by atoms with Crippen LogP contribution in [0.3, 0.4) is 0 Å². The maximum atomic E-state index is 5.59. The number of nitrogens with zero attached hydrogens (tertiary/aromatic N) is 3. The number of rotatable bonds is 6. The molecule has 4 saturated carbocycles. The molecule has 0 aromatic carbocycles. The lowest BCUT2D eigenvalue weighted by Crippen LogP contribution is -2.34. The van der Waals surface area contributed by atoms with Gasteiger partial charge < -0.3 is 20.1 Å². The Kier molecular flexibility index (Phi) is 4.24. The van der Waals surface area contributed by atoms with Gasteiger partial charge in [0.05, 0.1) is 12.2 Å². The lowest BCUT2D eigenvalue weighted by Gasteiger charge is -2.28. The van der Waals surface area contributed by atoms with E-state index in [1.54, 1.807) is 6.33 Å². The molecule has 4 aliphatic rings. The minimum atomic E-state index is 0.447. The van der Waals surface area contributed by atoms with Gasteiger partial charge in [-0.05, 0) is 62.2 Å². The highest BCUT2D eigenvalue weighted by Gasteiger charge is 2.47. The predicted octanol–water partition coefficient (Wildman–Crippen LogP) is 2.32. The van der Waals surface area contributed by atoms with Crippen LogP contribution >= 0.6 is 0 Å². The maximum absolute atomic E-state index is 5.59. The normalized spacial score (nSPS) is 43.2. The Hall–Kier alpha value is -1.47. The van der Waals surface area contributed by atoms with Crippen molar-refractivity contribution in [1.29, 1.82) is 0 Å². The zero-order valence-electron chi connectivity index (χ0n) is 15.6. The summed E-state index contributed by atoms with van der Waals surface area (Å²) in [6.45, 7) is 0. The first-order chi connectivity index (χ1) is 12.7. The molecular formula is C19H29N5O2. The van der Waals surface area contributed by atoms with Gasteiger partial charge in [0.2, 0.25) is 11.9 Å². The van der Waals surface area contributed by atoms with E-state index in [9.17, 15) is 0 Å². The highest BCUT2D eigenvalue weighted by Crippen LogP contribution is 2.47. The van der Waals surface area contributed by atoms with Crippen LogP contribution in [0.2, 0.25) is 0 Å². The third-order valence-electron chi connectivity index (χ3n) is 7.39. The number of hydrogen-bond acceptors (Lipinski definition) is 7. The fourth-order valence-electron chi connectivity index (χ4n) is 6.14. The second-order valence-corrected chi connectivity index (χ2v) is 8.64. The molecule has 5 rings (SSSR count). The van der Waals surface area contributed by atoms with E-state index in [0.717, 1.165) is 25.7 Å². The Morgan fingerprint density at radius 2 is 1.23 bits per heavy atom. The van der Waals surface area contributed by atoms with Gasteiger partial charge in [-0.1, -0.05) is 0 Å². The summed E-state index contributed by atoms with van der Waals surface area (Å²) in [5.41, 5.74) is 0. The van der Waals surface area contributed by atoms with Gasteiger partial charge >= 0.3 is 0 Å². The molecular weight excluding hydrogens is 330 g/mol. The Balaban J connectivity index is 1.20. The van der Waals surface area contributed by atoms with Crippen molar-refractivity contribution in [3.63, 3.8) is 0 Å². The fourth-order valence-corrected chi connectivity index (χ4v) is 6.14. The molecule has 26 heavy (non-hydrogen) atoms.